The van der Waals surface area contributed by atoms with Crippen molar-refractivity contribution < 1.29 is 18.7 Å². The molecule has 2 amide bonds. The number of piperazine rings is 1. The number of ether oxygens (including phenoxy) is 2. The van der Waals surface area contributed by atoms with Crippen molar-refractivity contribution in [3.8, 4) is 17.2 Å². The molecule has 0 unspecified atom stereocenters. The summed E-state index contributed by atoms with van der Waals surface area (Å²) in [5.41, 5.74) is 3.13. The Kier molecular flexibility index (Phi) is 6.03. The molecule has 0 spiro atoms. The third-order valence-corrected chi connectivity index (χ3v) is 6.26. The van der Waals surface area contributed by atoms with Gasteiger partial charge in [0.15, 0.2) is 5.75 Å². The Morgan fingerprint density at radius 2 is 1.97 bits per heavy atom. The number of hydrogen-bond donors (Lipinski definition) is 1. The maximum absolute atomic E-state index is 13.5. The molecule has 180 valence electrons. The molecule has 8 heteroatoms. The number of hydrogen-bond acceptors (Lipinski definition) is 5. The standard InChI is InChI=1S/C27H27FN4O3/c1-17-7-10-23-25(13-17)35-24-15-21(34-3)8-9-22(24)26(30-23)31-11-12-32(18(2)16-31)27(33)29-20-6-4-5-19(28)14-20/h4-10,13-15,18H,11-12,16H2,1-3H3,(H,29,33)/t18-/m0/s1. The zero-order valence-electron chi connectivity index (χ0n) is 19.9. The summed E-state index contributed by atoms with van der Waals surface area (Å²) in [6.45, 7) is 5.68. The van der Waals surface area contributed by atoms with Crippen molar-refractivity contribution >= 4 is 23.2 Å². The van der Waals surface area contributed by atoms with Gasteiger partial charge in [-0.25, -0.2) is 14.2 Å². The van der Waals surface area contributed by atoms with E-state index in [1.807, 2.05) is 50.2 Å². The number of carbonyl (C=O) groups excluding carboxylic acids is 1. The van der Waals surface area contributed by atoms with Gasteiger partial charge in [0.1, 0.15) is 28.8 Å². The van der Waals surface area contributed by atoms with Crippen molar-refractivity contribution in [2.24, 2.45) is 4.99 Å². The summed E-state index contributed by atoms with van der Waals surface area (Å²) in [4.78, 5) is 21.8. The first kappa shape index (κ1) is 22.7. The smallest absolute Gasteiger partial charge is 0.322 e. The third-order valence-electron chi connectivity index (χ3n) is 6.26. The number of fused-ring (bicyclic) bond motifs is 2. The van der Waals surface area contributed by atoms with Crippen molar-refractivity contribution in [2.75, 3.05) is 32.1 Å². The van der Waals surface area contributed by atoms with Crippen LogP contribution in [0.3, 0.4) is 0 Å². The van der Waals surface area contributed by atoms with Crippen LogP contribution in [0.1, 0.15) is 18.1 Å². The molecule has 2 aliphatic heterocycles. The Morgan fingerprint density at radius 3 is 2.74 bits per heavy atom. The lowest BCUT2D eigenvalue weighted by atomic mass is 10.1. The van der Waals surface area contributed by atoms with Gasteiger partial charge >= 0.3 is 6.03 Å². The van der Waals surface area contributed by atoms with Crippen LogP contribution in [0.25, 0.3) is 0 Å². The second-order valence-corrected chi connectivity index (χ2v) is 8.80. The van der Waals surface area contributed by atoms with Gasteiger partial charge in [-0.2, -0.15) is 0 Å². The first-order valence-corrected chi connectivity index (χ1v) is 11.5. The Labute approximate surface area is 203 Å². The summed E-state index contributed by atoms with van der Waals surface area (Å²) in [6.07, 6.45) is 0. The van der Waals surface area contributed by atoms with E-state index in [0.29, 0.717) is 42.6 Å². The number of aliphatic imine (C=N–C) groups is 1. The minimum atomic E-state index is -0.389. The Balaban J connectivity index is 1.41. The van der Waals surface area contributed by atoms with E-state index in [0.717, 1.165) is 22.6 Å². The van der Waals surface area contributed by atoms with Crippen LogP contribution >= 0.6 is 0 Å². The summed E-state index contributed by atoms with van der Waals surface area (Å²) >= 11 is 0. The van der Waals surface area contributed by atoms with E-state index >= 15 is 0 Å². The van der Waals surface area contributed by atoms with Gasteiger partial charge in [0, 0.05) is 37.4 Å². The van der Waals surface area contributed by atoms with Crippen LogP contribution in [-0.2, 0) is 0 Å². The van der Waals surface area contributed by atoms with Crippen LogP contribution in [0.5, 0.6) is 17.2 Å². The molecular formula is C27H27FN4O3. The van der Waals surface area contributed by atoms with Gasteiger partial charge in [0.05, 0.1) is 12.7 Å². The number of amides is 2. The molecule has 2 heterocycles. The number of nitrogens with one attached hydrogen (secondary N) is 1. The first-order valence-electron chi connectivity index (χ1n) is 11.5. The number of methoxy groups -OCH3 is 1. The number of anilines is 1. The molecule has 3 aromatic carbocycles. The monoisotopic (exact) mass is 474 g/mol. The summed E-state index contributed by atoms with van der Waals surface area (Å²) < 4.78 is 25.2. The number of benzene rings is 3. The third kappa shape index (κ3) is 4.64. The maximum Gasteiger partial charge on any atom is 0.322 e. The molecule has 0 aromatic heterocycles. The quantitative estimate of drug-likeness (QED) is 0.528. The predicted octanol–water partition coefficient (Wildman–Crippen LogP) is 5.56. The van der Waals surface area contributed by atoms with Crippen molar-refractivity contribution in [3.63, 3.8) is 0 Å². The number of urea groups is 1. The highest BCUT2D eigenvalue weighted by Gasteiger charge is 2.32. The molecule has 0 radical (unpaired) electrons. The van der Waals surface area contributed by atoms with E-state index < -0.39 is 0 Å². The fourth-order valence-electron chi connectivity index (χ4n) is 4.44. The van der Waals surface area contributed by atoms with Gasteiger partial charge in [-0.3, -0.25) is 0 Å². The predicted molar refractivity (Wildman–Crippen MR) is 134 cm³/mol. The van der Waals surface area contributed by atoms with Crippen LogP contribution in [0, 0.1) is 12.7 Å². The van der Waals surface area contributed by atoms with Gasteiger partial charge in [0.25, 0.3) is 0 Å². The molecule has 1 atom stereocenters. The molecule has 35 heavy (non-hydrogen) atoms. The van der Waals surface area contributed by atoms with Gasteiger partial charge < -0.3 is 24.6 Å². The Hall–Kier alpha value is -4.07. The van der Waals surface area contributed by atoms with Crippen LogP contribution in [-0.4, -0.2) is 54.5 Å². The van der Waals surface area contributed by atoms with Gasteiger partial charge in [-0.1, -0.05) is 12.1 Å². The molecular weight excluding hydrogens is 447 g/mol. The lowest BCUT2D eigenvalue weighted by Crippen LogP contribution is -2.56. The van der Waals surface area contributed by atoms with Crippen LogP contribution in [0.2, 0.25) is 0 Å². The summed E-state index contributed by atoms with van der Waals surface area (Å²) in [6, 6.07) is 17.2. The lowest BCUT2D eigenvalue weighted by molar-refractivity contribution is 0.145. The lowest BCUT2D eigenvalue weighted by Gasteiger charge is -2.41. The van der Waals surface area contributed by atoms with E-state index in [-0.39, 0.29) is 17.9 Å². The highest BCUT2D eigenvalue weighted by atomic mass is 19.1. The zero-order valence-corrected chi connectivity index (χ0v) is 19.9. The minimum Gasteiger partial charge on any atom is -0.497 e. The average Bonchev–Trinajstić information content (AvgIpc) is 2.99. The second-order valence-electron chi connectivity index (χ2n) is 8.80. The van der Waals surface area contributed by atoms with Crippen LogP contribution < -0.4 is 14.8 Å². The van der Waals surface area contributed by atoms with E-state index in [2.05, 4.69) is 10.2 Å². The minimum absolute atomic E-state index is 0.0941. The normalized spacial score (nSPS) is 16.9. The number of amidine groups is 1. The van der Waals surface area contributed by atoms with Crippen LogP contribution in [0.4, 0.5) is 20.6 Å². The molecule has 1 saturated heterocycles. The fourth-order valence-corrected chi connectivity index (χ4v) is 4.44. The SMILES string of the molecule is COc1ccc2c(c1)Oc1cc(C)ccc1N=C2N1CCN(C(=O)Nc2cccc(F)c2)[C@@H](C)C1. The first-order chi connectivity index (χ1) is 16.9. The average molecular weight is 475 g/mol. The number of aryl methyl sites for hydroxylation is 1. The van der Waals surface area contributed by atoms with Crippen molar-refractivity contribution in [1.29, 1.82) is 0 Å². The number of rotatable bonds is 2. The molecule has 5 rings (SSSR count). The zero-order chi connectivity index (χ0) is 24.5. The molecule has 1 N–H and O–H groups in total. The van der Waals surface area contributed by atoms with Gasteiger partial charge in [-0.15, -0.1) is 0 Å². The number of carbonyl (C=O) groups is 1. The van der Waals surface area contributed by atoms with Crippen molar-refractivity contribution in [1.82, 2.24) is 9.80 Å². The molecule has 0 aliphatic carbocycles. The number of nitrogens with zero attached hydrogens (tertiary/aromatic N) is 3. The molecule has 0 bridgehead atoms. The summed E-state index contributed by atoms with van der Waals surface area (Å²) in [5, 5.41) is 2.80. The van der Waals surface area contributed by atoms with E-state index in [9.17, 15) is 9.18 Å². The molecule has 3 aromatic rings. The van der Waals surface area contributed by atoms with E-state index in [1.165, 1.54) is 12.1 Å². The fraction of sp³-hybridized carbons (Fsp3) is 0.259. The highest BCUT2D eigenvalue weighted by molar-refractivity contribution is 6.04. The molecule has 1 fully saturated rings. The van der Waals surface area contributed by atoms with E-state index in [4.69, 9.17) is 14.5 Å². The number of halogens is 1. The molecule has 0 saturated carbocycles. The van der Waals surface area contributed by atoms with Crippen molar-refractivity contribution in [3.05, 3.63) is 77.6 Å². The highest BCUT2D eigenvalue weighted by Crippen LogP contribution is 2.40. The van der Waals surface area contributed by atoms with Crippen molar-refractivity contribution in [2.45, 2.75) is 19.9 Å². The van der Waals surface area contributed by atoms with Gasteiger partial charge in [-0.05, 0) is 61.9 Å². The largest absolute Gasteiger partial charge is 0.497 e. The summed E-state index contributed by atoms with van der Waals surface area (Å²) in [5.74, 6) is 2.47. The maximum atomic E-state index is 13.5. The molecule has 7 nitrogen and oxygen atoms in total. The topological polar surface area (TPSA) is 66.4 Å². The van der Waals surface area contributed by atoms with E-state index in [1.54, 1.807) is 24.1 Å². The van der Waals surface area contributed by atoms with Crippen LogP contribution in [0.15, 0.2) is 65.7 Å². The summed E-state index contributed by atoms with van der Waals surface area (Å²) in [7, 11) is 1.63. The second kappa shape index (κ2) is 9.29. The van der Waals surface area contributed by atoms with Gasteiger partial charge in [0.2, 0.25) is 0 Å². The Morgan fingerprint density at radius 1 is 1.11 bits per heavy atom. The Bertz CT molecular complexity index is 1310. The molecule has 2 aliphatic rings.